The van der Waals surface area contributed by atoms with Gasteiger partial charge in [0, 0.05) is 33.5 Å². The van der Waals surface area contributed by atoms with Crippen LogP contribution in [0.5, 0.6) is 0 Å². The van der Waals surface area contributed by atoms with E-state index in [1.165, 1.54) is 21.6 Å². The molecule has 0 aromatic rings. The molecule has 0 radical (unpaired) electrons. The van der Waals surface area contributed by atoms with Gasteiger partial charge in [-0.1, -0.05) is 0 Å². The van der Waals surface area contributed by atoms with E-state index in [4.69, 9.17) is 0 Å². The van der Waals surface area contributed by atoms with Gasteiger partial charge in [-0.2, -0.15) is 11.8 Å². The molecule has 90 valence electrons. The molecule has 0 aliphatic carbocycles. The van der Waals surface area contributed by atoms with E-state index in [1.54, 1.807) is 14.1 Å². The summed E-state index contributed by atoms with van der Waals surface area (Å²) in [5, 5.41) is -0.262. The Hall–Kier alpha value is -1.04. The van der Waals surface area contributed by atoms with Crippen molar-refractivity contribution in [3.8, 4) is 0 Å². The maximum Gasteiger partial charge on any atom is 0.242 e. The second kappa shape index (κ2) is 5.34. The van der Waals surface area contributed by atoms with E-state index in [2.05, 4.69) is 0 Å². The molecule has 3 amide bonds. The molecule has 5 nitrogen and oxygen atoms in total. The summed E-state index contributed by atoms with van der Waals surface area (Å²) in [5.41, 5.74) is 0. The zero-order chi connectivity index (χ0) is 12.3. The molecule has 6 heteroatoms. The molecule has 1 fully saturated rings. The van der Waals surface area contributed by atoms with E-state index in [0.29, 0.717) is 0 Å². The van der Waals surface area contributed by atoms with E-state index < -0.39 is 0 Å². The first kappa shape index (κ1) is 13.0. The Labute approximate surface area is 99.1 Å². The quantitative estimate of drug-likeness (QED) is 0.651. The molecule has 1 rings (SSSR count). The summed E-state index contributed by atoms with van der Waals surface area (Å²) >= 11 is 1.38. The van der Waals surface area contributed by atoms with Crippen molar-refractivity contribution in [2.45, 2.75) is 18.1 Å². The monoisotopic (exact) mass is 244 g/mol. The number of carbonyl (C=O) groups excluding carboxylic acids is 3. The number of carbonyl (C=O) groups is 3. The third kappa shape index (κ3) is 2.75. The second-order valence-corrected chi connectivity index (χ2v) is 4.89. The Morgan fingerprint density at radius 1 is 1.50 bits per heavy atom. The summed E-state index contributed by atoms with van der Waals surface area (Å²) in [6.45, 7) is 0.200. The first-order valence-electron chi connectivity index (χ1n) is 5.04. The van der Waals surface area contributed by atoms with E-state index in [9.17, 15) is 14.4 Å². The van der Waals surface area contributed by atoms with Gasteiger partial charge in [0.05, 0.1) is 5.25 Å². The third-order valence-electron chi connectivity index (χ3n) is 2.54. The number of likely N-dealkylation sites (tertiary alicyclic amines) is 1. The van der Waals surface area contributed by atoms with Crippen LogP contribution < -0.4 is 0 Å². The summed E-state index contributed by atoms with van der Waals surface area (Å²) < 4.78 is 0. The van der Waals surface area contributed by atoms with Crippen LogP contribution in [0.4, 0.5) is 0 Å². The van der Waals surface area contributed by atoms with Crippen molar-refractivity contribution in [2.24, 2.45) is 0 Å². The van der Waals surface area contributed by atoms with Crippen molar-refractivity contribution in [3.63, 3.8) is 0 Å². The molecule has 0 spiro atoms. The van der Waals surface area contributed by atoms with E-state index in [-0.39, 0.29) is 42.4 Å². The molecule has 1 unspecified atom stereocenters. The highest BCUT2D eigenvalue weighted by Crippen LogP contribution is 2.23. The van der Waals surface area contributed by atoms with Gasteiger partial charge in [-0.3, -0.25) is 19.3 Å². The first-order valence-corrected chi connectivity index (χ1v) is 6.33. The summed E-state index contributed by atoms with van der Waals surface area (Å²) in [6, 6.07) is 0. The van der Waals surface area contributed by atoms with Crippen LogP contribution >= 0.6 is 11.8 Å². The molecule has 0 saturated carbocycles. The van der Waals surface area contributed by atoms with Gasteiger partial charge in [0.25, 0.3) is 0 Å². The molecular formula is C10H16N2O3S. The van der Waals surface area contributed by atoms with Crippen molar-refractivity contribution >= 4 is 29.5 Å². The molecule has 16 heavy (non-hydrogen) atoms. The fourth-order valence-corrected chi connectivity index (χ4v) is 2.14. The predicted octanol–water partition coefficient (Wildman–Crippen LogP) is -0.0448. The Morgan fingerprint density at radius 2 is 2.12 bits per heavy atom. The molecule has 1 aliphatic heterocycles. The average Bonchev–Trinajstić information content (AvgIpc) is 2.51. The summed E-state index contributed by atoms with van der Waals surface area (Å²) in [7, 11) is 3.31. The number of nitrogens with zero attached hydrogens (tertiary/aromatic N) is 2. The molecule has 0 aromatic heterocycles. The van der Waals surface area contributed by atoms with Crippen molar-refractivity contribution in [1.29, 1.82) is 0 Å². The number of thioether (sulfide) groups is 1. The second-order valence-electron chi connectivity index (χ2n) is 3.85. The van der Waals surface area contributed by atoms with Crippen LogP contribution in [0.1, 0.15) is 12.8 Å². The van der Waals surface area contributed by atoms with Crippen LogP contribution in [-0.2, 0) is 14.4 Å². The standard InChI is InChI=1S/C10H16N2O3S/c1-11(2)8(13)4-5-12-9(14)6-7(16-3)10(12)15/h7H,4-6H2,1-3H3. The lowest BCUT2D eigenvalue weighted by Crippen LogP contribution is -2.35. The molecule has 1 saturated heterocycles. The van der Waals surface area contributed by atoms with Crippen LogP contribution in [0.2, 0.25) is 0 Å². The van der Waals surface area contributed by atoms with Gasteiger partial charge in [-0.15, -0.1) is 0 Å². The first-order chi connectivity index (χ1) is 7.47. The van der Waals surface area contributed by atoms with Crippen LogP contribution in [0, 0.1) is 0 Å². The van der Waals surface area contributed by atoms with Gasteiger partial charge in [0.15, 0.2) is 0 Å². The molecule has 1 aliphatic rings. The molecule has 1 heterocycles. The Kier molecular flexibility index (Phi) is 4.35. The maximum atomic E-state index is 11.7. The van der Waals surface area contributed by atoms with Gasteiger partial charge in [-0.05, 0) is 6.26 Å². The van der Waals surface area contributed by atoms with Gasteiger partial charge < -0.3 is 4.90 Å². The number of hydrogen-bond acceptors (Lipinski definition) is 4. The Balaban J connectivity index is 2.52. The van der Waals surface area contributed by atoms with Crippen molar-refractivity contribution in [3.05, 3.63) is 0 Å². The topological polar surface area (TPSA) is 57.7 Å². The lowest BCUT2D eigenvalue weighted by atomic mass is 10.3. The third-order valence-corrected chi connectivity index (χ3v) is 3.47. The van der Waals surface area contributed by atoms with E-state index in [1.807, 2.05) is 6.26 Å². The van der Waals surface area contributed by atoms with Crippen molar-refractivity contribution < 1.29 is 14.4 Å². The highest BCUT2D eigenvalue weighted by atomic mass is 32.2. The smallest absolute Gasteiger partial charge is 0.242 e. The van der Waals surface area contributed by atoms with Gasteiger partial charge in [0.2, 0.25) is 17.7 Å². The SMILES string of the molecule is CSC1CC(=O)N(CCC(=O)N(C)C)C1=O. The van der Waals surface area contributed by atoms with Gasteiger partial charge >= 0.3 is 0 Å². The van der Waals surface area contributed by atoms with Crippen LogP contribution in [0.15, 0.2) is 0 Å². The summed E-state index contributed by atoms with van der Waals surface area (Å²) in [4.78, 5) is 37.2. The Bertz CT molecular complexity index is 317. The fourth-order valence-electron chi connectivity index (χ4n) is 1.50. The lowest BCUT2D eigenvalue weighted by Gasteiger charge is -2.16. The lowest BCUT2D eigenvalue weighted by molar-refractivity contribution is -0.139. The minimum Gasteiger partial charge on any atom is -0.349 e. The number of hydrogen-bond donors (Lipinski definition) is 0. The normalized spacial score (nSPS) is 20.4. The van der Waals surface area contributed by atoms with Gasteiger partial charge in [-0.25, -0.2) is 0 Å². The van der Waals surface area contributed by atoms with Crippen molar-refractivity contribution in [1.82, 2.24) is 9.80 Å². The molecule has 1 atom stereocenters. The summed E-state index contributed by atoms with van der Waals surface area (Å²) in [6.07, 6.45) is 2.27. The van der Waals surface area contributed by atoms with Crippen LogP contribution in [0.25, 0.3) is 0 Å². The number of imide groups is 1. The van der Waals surface area contributed by atoms with Crippen LogP contribution in [-0.4, -0.2) is 59.7 Å². The Morgan fingerprint density at radius 3 is 2.56 bits per heavy atom. The molecular weight excluding hydrogens is 228 g/mol. The fraction of sp³-hybridized carbons (Fsp3) is 0.700. The van der Waals surface area contributed by atoms with Crippen LogP contribution in [0.3, 0.4) is 0 Å². The minimum absolute atomic E-state index is 0.0757. The van der Waals surface area contributed by atoms with E-state index >= 15 is 0 Å². The number of rotatable bonds is 4. The minimum atomic E-state index is -0.262. The highest BCUT2D eigenvalue weighted by Gasteiger charge is 2.37. The zero-order valence-electron chi connectivity index (χ0n) is 9.73. The summed E-state index contributed by atoms with van der Waals surface area (Å²) in [5.74, 6) is -0.409. The predicted molar refractivity (Wildman–Crippen MR) is 62.0 cm³/mol. The highest BCUT2D eigenvalue weighted by molar-refractivity contribution is 8.00. The van der Waals surface area contributed by atoms with Crippen molar-refractivity contribution in [2.75, 3.05) is 26.9 Å². The van der Waals surface area contributed by atoms with E-state index in [0.717, 1.165) is 0 Å². The largest absolute Gasteiger partial charge is 0.349 e. The zero-order valence-corrected chi connectivity index (χ0v) is 10.5. The molecule has 0 aromatic carbocycles. The number of amides is 3. The van der Waals surface area contributed by atoms with Gasteiger partial charge in [0.1, 0.15) is 0 Å². The average molecular weight is 244 g/mol. The maximum absolute atomic E-state index is 11.7. The molecule has 0 N–H and O–H groups in total. The molecule has 0 bridgehead atoms.